The molecule has 0 bridgehead atoms. The number of aromatic nitrogens is 2. The highest BCUT2D eigenvalue weighted by atomic mass is 15.0. The van der Waals surface area contributed by atoms with Crippen LogP contribution in [0.3, 0.4) is 0 Å². The average molecular weight is 262 g/mol. The lowest BCUT2D eigenvalue weighted by Crippen LogP contribution is -2.28. The van der Waals surface area contributed by atoms with Gasteiger partial charge < -0.3 is 10.6 Å². The van der Waals surface area contributed by atoms with Crippen molar-refractivity contribution < 1.29 is 0 Å². The Morgan fingerprint density at radius 1 is 1.32 bits per heavy atom. The van der Waals surface area contributed by atoms with Gasteiger partial charge >= 0.3 is 0 Å². The van der Waals surface area contributed by atoms with Crippen molar-refractivity contribution in [3.8, 4) is 0 Å². The molecule has 0 aliphatic heterocycles. The minimum absolute atomic E-state index is 0.0248. The van der Waals surface area contributed by atoms with E-state index < -0.39 is 0 Å². The van der Waals surface area contributed by atoms with Gasteiger partial charge in [-0.3, -0.25) is 0 Å². The number of hydrogen-bond donors (Lipinski definition) is 2. The molecule has 0 amide bonds. The van der Waals surface area contributed by atoms with Crippen LogP contribution in [0.1, 0.15) is 64.9 Å². The molecule has 1 aromatic rings. The van der Waals surface area contributed by atoms with Crippen molar-refractivity contribution in [3.05, 3.63) is 17.7 Å². The van der Waals surface area contributed by atoms with E-state index in [1.165, 1.54) is 12.8 Å². The van der Waals surface area contributed by atoms with Gasteiger partial charge in [0.2, 0.25) is 0 Å². The standard InChI is InChI=1S/C15H26N4/c1-10(2)14-17-9-13(19-15(3,4)5)12(18-14)8-16-11-6-7-11/h9-11,16,19H,6-8H2,1-5H3. The van der Waals surface area contributed by atoms with Gasteiger partial charge in [0.25, 0.3) is 0 Å². The summed E-state index contributed by atoms with van der Waals surface area (Å²) in [5, 5.41) is 7.03. The molecule has 0 radical (unpaired) electrons. The zero-order valence-corrected chi connectivity index (χ0v) is 12.7. The van der Waals surface area contributed by atoms with E-state index >= 15 is 0 Å². The number of nitrogens with zero attached hydrogens (tertiary/aromatic N) is 2. The molecule has 1 heterocycles. The summed E-state index contributed by atoms with van der Waals surface area (Å²) < 4.78 is 0. The normalized spacial score (nSPS) is 15.9. The van der Waals surface area contributed by atoms with Crippen molar-refractivity contribution in [1.29, 1.82) is 0 Å². The van der Waals surface area contributed by atoms with E-state index in [-0.39, 0.29) is 5.54 Å². The molecule has 2 N–H and O–H groups in total. The van der Waals surface area contributed by atoms with Crippen LogP contribution < -0.4 is 10.6 Å². The summed E-state index contributed by atoms with van der Waals surface area (Å²) in [6.45, 7) is 11.5. The van der Waals surface area contributed by atoms with Gasteiger partial charge in [0.15, 0.2) is 0 Å². The zero-order valence-electron chi connectivity index (χ0n) is 12.7. The fourth-order valence-electron chi connectivity index (χ4n) is 1.88. The third-order valence-corrected chi connectivity index (χ3v) is 3.05. The molecule has 19 heavy (non-hydrogen) atoms. The van der Waals surface area contributed by atoms with Crippen LogP contribution in [0.25, 0.3) is 0 Å². The van der Waals surface area contributed by atoms with Crippen LogP contribution >= 0.6 is 0 Å². The molecule has 0 saturated heterocycles. The van der Waals surface area contributed by atoms with E-state index in [9.17, 15) is 0 Å². The largest absolute Gasteiger partial charge is 0.378 e. The lowest BCUT2D eigenvalue weighted by atomic mass is 10.1. The van der Waals surface area contributed by atoms with Gasteiger partial charge in [-0.2, -0.15) is 0 Å². The Kier molecular flexibility index (Phi) is 4.09. The van der Waals surface area contributed by atoms with Gasteiger partial charge in [0, 0.05) is 24.0 Å². The Morgan fingerprint density at radius 2 is 2.00 bits per heavy atom. The number of hydrogen-bond acceptors (Lipinski definition) is 4. The number of nitrogens with one attached hydrogen (secondary N) is 2. The van der Waals surface area contributed by atoms with Gasteiger partial charge in [-0.15, -0.1) is 0 Å². The number of rotatable bonds is 5. The van der Waals surface area contributed by atoms with Crippen LogP contribution in [0.15, 0.2) is 6.20 Å². The van der Waals surface area contributed by atoms with Crippen molar-refractivity contribution in [2.24, 2.45) is 0 Å². The molecule has 1 saturated carbocycles. The zero-order chi connectivity index (χ0) is 14.0. The van der Waals surface area contributed by atoms with Crippen LogP contribution in [0.2, 0.25) is 0 Å². The molecule has 0 unspecified atom stereocenters. The summed E-state index contributed by atoms with van der Waals surface area (Å²) in [4.78, 5) is 9.18. The Hall–Kier alpha value is -1.16. The second-order valence-electron chi connectivity index (χ2n) is 6.77. The summed E-state index contributed by atoms with van der Waals surface area (Å²) in [7, 11) is 0. The van der Waals surface area contributed by atoms with E-state index in [1.807, 2.05) is 6.20 Å². The van der Waals surface area contributed by atoms with Crippen LogP contribution in [-0.4, -0.2) is 21.5 Å². The molecule has 1 aliphatic rings. The minimum atomic E-state index is 0.0248. The summed E-state index contributed by atoms with van der Waals surface area (Å²) in [6.07, 6.45) is 4.52. The van der Waals surface area contributed by atoms with E-state index in [0.29, 0.717) is 12.0 Å². The predicted molar refractivity (Wildman–Crippen MR) is 79.4 cm³/mol. The molecular formula is C15H26N4. The summed E-state index contributed by atoms with van der Waals surface area (Å²) >= 11 is 0. The molecule has 0 aromatic carbocycles. The van der Waals surface area contributed by atoms with Crippen molar-refractivity contribution in [1.82, 2.24) is 15.3 Å². The highest BCUT2D eigenvalue weighted by molar-refractivity contribution is 5.48. The first-order valence-electron chi connectivity index (χ1n) is 7.22. The maximum absolute atomic E-state index is 4.72. The van der Waals surface area contributed by atoms with Gasteiger partial charge in [0.1, 0.15) is 5.82 Å². The Labute approximate surface area is 116 Å². The second-order valence-corrected chi connectivity index (χ2v) is 6.77. The van der Waals surface area contributed by atoms with Crippen molar-refractivity contribution in [2.75, 3.05) is 5.32 Å². The fourth-order valence-corrected chi connectivity index (χ4v) is 1.88. The summed E-state index contributed by atoms with van der Waals surface area (Å²) in [5.74, 6) is 1.29. The smallest absolute Gasteiger partial charge is 0.131 e. The molecule has 0 spiro atoms. The molecule has 1 aromatic heterocycles. The molecule has 0 atom stereocenters. The fraction of sp³-hybridized carbons (Fsp3) is 0.733. The lowest BCUT2D eigenvalue weighted by molar-refractivity contribution is 0.620. The molecule has 2 rings (SSSR count). The molecule has 4 heteroatoms. The van der Waals surface area contributed by atoms with E-state index in [0.717, 1.165) is 23.8 Å². The topological polar surface area (TPSA) is 49.8 Å². The molecule has 4 nitrogen and oxygen atoms in total. The van der Waals surface area contributed by atoms with E-state index in [1.54, 1.807) is 0 Å². The maximum Gasteiger partial charge on any atom is 0.131 e. The Bertz CT molecular complexity index is 430. The van der Waals surface area contributed by atoms with Gasteiger partial charge in [-0.1, -0.05) is 13.8 Å². The first-order valence-corrected chi connectivity index (χ1v) is 7.22. The maximum atomic E-state index is 4.72. The highest BCUT2D eigenvalue weighted by Crippen LogP contribution is 2.23. The van der Waals surface area contributed by atoms with Crippen LogP contribution in [0.4, 0.5) is 5.69 Å². The summed E-state index contributed by atoms with van der Waals surface area (Å²) in [6, 6.07) is 0.694. The van der Waals surface area contributed by atoms with Crippen LogP contribution in [0.5, 0.6) is 0 Å². The van der Waals surface area contributed by atoms with Crippen molar-refractivity contribution >= 4 is 5.69 Å². The van der Waals surface area contributed by atoms with E-state index in [4.69, 9.17) is 4.98 Å². The van der Waals surface area contributed by atoms with Gasteiger partial charge in [0.05, 0.1) is 17.6 Å². The quantitative estimate of drug-likeness (QED) is 0.856. The van der Waals surface area contributed by atoms with Crippen molar-refractivity contribution in [2.45, 2.75) is 71.5 Å². The average Bonchev–Trinajstić information content (AvgIpc) is 3.09. The third kappa shape index (κ3) is 4.46. The second kappa shape index (κ2) is 5.45. The third-order valence-electron chi connectivity index (χ3n) is 3.05. The van der Waals surface area contributed by atoms with Gasteiger partial charge in [-0.05, 0) is 33.6 Å². The first kappa shape index (κ1) is 14.3. The number of anilines is 1. The SMILES string of the molecule is CC(C)c1ncc(NC(C)(C)C)c(CNC2CC2)n1. The Morgan fingerprint density at radius 3 is 2.53 bits per heavy atom. The van der Waals surface area contributed by atoms with Crippen LogP contribution in [0, 0.1) is 0 Å². The van der Waals surface area contributed by atoms with Crippen LogP contribution in [-0.2, 0) is 6.54 Å². The molecule has 1 fully saturated rings. The molecular weight excluding hydrogens is 236 g/mol. The Balaban J connectivity index is 2.18. The molecule has 1 aliphatic carbocycles. The summed E-state index contributed by atoms with van der Waals surface area (Å²) in [5.41, 5.74) is 2.16. The lowest BCUT2D eigenvalue weighted by Gasteiger charge is -2.24. The highest BCUT2D eigenvalue weighted by Gasteiger charge is 2.22. The van der Waals surface area contributed by atoms with Crippen molar-refractivity contribution in [3.63, 3.8) is 0 Å². The van der Waals surface area contributed by atoms with Gasteiger partial charge in [-0.25, -0.2) is 9.97 Å². The monoisotopic (exact) mass is 262 g/mol. The molecule has 106 valence electrons. The minimum Gasteiger partial charge on any atom is -0.378 e. The first-order chi connectivity index (χ1) is 8.85. The van der Waals surface area contributed by atoms with E-state index in [2.05, 4.69) is 50.2 Å². The predicted octanol–water partition coefficient (Wildman–Crippen LogP) is 3.06.